The minimum absolute atomic E-state index is 0.296. The van der Waals surface area contributed by atoms with Crippen LogP contribution in [0, 0.1) is 23.2 Å². The van der Waals surface area contributed by atoms with E-state index in [1.165, 1.54) is 12.8 Å². The molecule has 1 heteroatoms. The van der Waals surface area contributed by atoms with E-state index >= 15 is 0 Å². The zero-order valence-electron chi connectivity index (χ0n) is 11.0. The molecule has 0 aromatic carbocycles. The zero-order valence-corrected chi connectivity index (χ0v) is 11.0. The Labute approximate surface area is 99.3 Å². The van der Waals surface area contributed by atoms with Gasteiger partial charge in [0.2, 0.25) is 0 Å². The standard InChI is InChI=1S/C15H24O/c1-10(2)13-6-5-12(4)15(13)8-7-11(3)14(16)9-15/h7,10,12-13H,5-6,8-9H2,1-4H3/t12-,13+,15-/m1/s1. The predicted octanol–water partition coefficient (Wildman–Crippen LogP) is 3.98. The lowest BCUT2D eigenvalue weighted by Gasteiger charge is -2.42. The van der Waals surface area contributed by atoms with Crippen molar-refractivity contribution in [1.82, 2.24) is 0 Å². The van der Waals surface area contributed by atoms with Crippen LogP contribution in [-0.2, 0) is 4.79 Å². The molecule has 0 saturated heterocycles. The average Bonchev–Trinajstić information content (AvgIpc) is 2.51. The fraction of sp³-hybridized carbons (Fsp3) is 0.800. The molecule has 0 bridgehead atoms. The van der Waals surface area contributed by atoms with Crippen LogP contribution in [0.1, 0.15) is 53.4 Å². The van der Waals surface area contributed by atoms with Gasteiger partial charge in [0.25, 0.3) is 0 Å². The van der Waals surface area contributed by atoms with Crippen molar-refractivity contribution in [3.8, 4) is 0 Å². The van der Waals surface area contributed by atoms with E-state index in [0.29, 0.717) is 23.0 Å². The van der Waals surface area contributed by atoms with E-state index in [-0.39, 0.29) is 0 Å². The number of ketones is 1. The Morgan fingerprint density at radius 3 is 2.62 bits per heavy atom. The second-order valence-electron chi connectivity index (χ2n) is 6.25. The van der Waals surface area contributed by atoms with Gasteiger partial charge in [0.15, 0.2) is 5.78 Å². The minimum Gasteiger partial charge on any atom is -0.295 e. The highest BCUT2D eigenvalue weighted by molar-refractivity contribution is 5.96. The van der Waals surface area contributed by atoms with Crippen molar-refractivity contribution in [2.24, 2.45) is 23.2 Å². The van der Waals surface area contributed by atoms with E-state index in [9.17, 15) is 4.79 Å². The summed E-state index contributed by atoms with van der Waals surface area (Å²) in [5.41, 5.74) is 1.29. The third-order valence-corrected chi connectivity index (χ3v) is 5.15. The Bertz CT molecular complexity index is 326. The van der Waals surface area contributed by atoms with Crippen LogP contribution in [0.25, 0.3) is 0 Å². The number of allylic oxidation sites excluding steroid dienone is 2. The molecule has 0 N–H and O–H groups in total. The maximum absolute atomic E-state index is 12.0. The van der Waals surface area contributed by atoms with Crippen molar-refractivity contribution in [3.63, 3.8) is 0 Å². The molecular formula is C15H24O. The fourth-order valence-corrected chi connectivity index (χ4v) is 3.99. The molecule has 0 heterocycles. The van der Waals surface area contributed by atoms with Gasteiger partial charge >= 0.3 is 0 Å². The first-order valence-electron chi connectivity index (χ1n) is 6.67. The normalized spacial score (nSPS) is 39.6. The largest absolute Gasteiger partial charge is 0.295 e. The summed E-state index contributed by atoms with van der Waals surface area (Å²) in [6.07, 6.45) is 6.76. The summed E-state index contributed by atoms with van der Waals surface area (Å²) < 4.78 is 0. The van der Waals surface area contributed by atoms with Crippen LogP contribution in [0.5, 0.6) is 0 Å². The number of Topliss-reactive ketones (excluding diaryl/α,β-unsaturated/α-hetero) is 1. The Balaban J connectivity index is 2.32. The van der Waals surface area contributed by atoms with Crippen molar-refractivity contribution < 1.29 is 4.79 Å². The first-order valence-corrected chi connectivity index (χ1v) is 6.67. The molecule has 0 amide bonds. The number of carbonyl (C=O) groups is 1. The van der Waals surface area contributed by atoms with Crippen LogP contribution in [0.15, 0.2) is 11.6 Å². The van der Waals surface area contributed by atoms with Crippen molar-refractivity contribution in [3.05, 3.63) is 11.6 Å². The molecule has 0 unspecified atom stereocenters. The number of carbonyl (C=O) groups excluding carboxylic acids is 1. The molecular weight excluding hydrogens is 196 g/mol. The molecule has 90 valence electrons. The van der Waals surface area contributed by atoms with E-state index in [0.717, 1.165) is 24.3 Å². The summed E-state index contributed by atoms with van der Waals surface area (Å²) >= 11 is 0. The molecule has 0 aromatic rings. The van der Waals surface area contributed by atoms with Gasteiger partial charge in [-0.15, -0.1) is 0 Å². The van der Waals surface area contributed by atoms with Gasteiger partial charge < -0.3 is 0 Å². The van der Waals surface area contributed by atoms with Gasteiger partial charge in [-0.05, 0) is 54.9 Å². The smallest absolute Gasteiger partial charge is 0.158 e. The maximum Gasteiger partial charge on any atom is 0.158 e. The van der Waals surface area contributed by atoms with Gasteiger partial charge in [-0.25, -0.2) is 0 Å². The highest BCUT2D eigenvalue weighted by Gasteiger charge is 2.50. The summed E-state index contributed by atoms with van der Waals surface area (Å²) in [7, 11) is 0. The Kier molecular flexibility index (Phi) is 2.98. The Morgan fingerprint density at radius 2 is 2.06 bits per heavy atom. The SMILES string of the molecule is CC1=CC[C@@]2(CC1=O)[C@H](C)CC[C@H]2C(C)C. The van der Waals surface area contributed by atoms with Crippen molar-refractivity contribution in [1.29, 1.82) is 0 Å². The van der Waals surface area contributed by atoms with Gasteiger partial charge in [0, 0.05) is 6.42 Å². The number of hydrogen-bond donors (Lipinski definition) is 0. The topological polar surface area (TPSA) is 17.1 Å². The van der Waals surface area contributed by atoms with Gasteiger partial charge in [-0.1, -0.05) is 26.8 Å². The highest BCUT2D eigenvalue weighted by atomic mass is 16.1. The molecule has 1 fully saturated rings. The van der Waals surface area contributed by atoms with Crippen LogP contribution in [0.3, 0.4) is 0 Å². The fourth-order valence-electron chi connectivity index (χ4n) is 3.99. The van der Waals surface area contributed by atoms with Crippen molar-refractivity contribution >= 4 is 5.78 Å². The van der Waals surface area contributed by atoms with Crippen LogP contribution in [0.2, 0.25) is 0 Å². The Morgan fingerprint density at radius 1 is 1.38 bits per heavy atom. The Hall–Kier alpha value is -0.590. The average molecular weight is 220 g/mol. The molecule has 2 rings (SSSR count). The molecule has 2 aliphatic rings. The molecule has 1 nitrogen and oxygen atoms in total. The van der Waals surface area contributed by atoms with E-state index in [4.69, 9.17) is 0 Å². The summed E-state index contributed by atoms with van der Waals surface area (Å²) in [5, 5.41) is 0. The molecule has 16 heavy (non-hydrogen) atoms. The second kappa shape index (κ2) is 4.01. The summed E-state index contributed by atoms with van der Waals surface area (Å²) in [5.74, 6) is 2.57. The van der Waals surface area contributed by atoms with Crippen LogP contribution < -0.4 is 0 Å². The van der Waals surface area contributed by atoms with Crippen LogP contribution >= 0.6 is 0 Å². The minimum atomic E-state index is 0.296. The highest BCUT2D eigenvalue weighted by Crippen LogP contribution is 2.57. The number of rotatable bonds is 1. The van der Waals surface area contributed by atoms with Gasteiger partial charge in [-0.3, -0.25) is 4.79 Å². The number of hydrogen-bond acceptors (Lipinski definition) is 1. The van der Waals surface area contributed by atoms with Gasteiger partial charge in [-0.2, -0.15) is 0 Å². The first kappa shape index (κ1) is 11.9. The molecule has 0 aromatic heterocycles. The zero-order chi connectivity index (χ0) is 11.9. The van der Waals surface area contributed by atoms with E-state index in [2.05, 4.69) is 26.8 Å². The molecule has 0 aliphatic heterocycles. The summed E-state index contributed by atoms with van der Waals surface area (Å²) in [6.45, 7) is 8.96. The van der Waals surface area contributed by atoms with Crippen molar-refractivity contribution in [2.45, 2.75) is 53.4 Å². The lowest BCUT2D eigenvalue weighted by molar-refractivity contribution is -0.120. The lowest BCUT2D eigenvalue weighted by atomic mass is 9.61. The third kappa shape index (κ3) is 1.65. The first-order chi connectivity index (χ1) is 7.47. The van der Waals surface area contributed by atoms with E-state index in [1.807, 2.05) is 6.92 Å². The molecule has 2 aliphatic carbocycles. The quantitative estimate of drug-likeness (QED) is 0.653. The van der Waals surface area contributed by atoms with E-state index < -0.39 is 0 Å². The molecule has 1 saturated carbocycles. The monoisotopic (exact) mass is 220 g/mol. The second-order valence-corrected chi connectivity index (χ2v) is 6.25. The maximum atomic E-state index is 12.0. The lowest BCUT2D eigenvalue weighted by Crippen LogP contribution is -2.38. The van der Waals surface area contributed by atoms with Crippen LogP contribution in [0.4, 0.5) is 0 Å². The van der Waals surface area contributed by atoms with E-state index in [1.54, 1.807) is 0 Å². The predicted molar refractivity (Wildman–Crippen MR) is 67.2 cm³/mol. The van der Waals surface area contributed by atoms with Gasteiger partial charge in [0.05, 0.1) is 0 Å². The summed E-state index contributed by atoms with van der Waals surface area (Å²) in [6, 6.07) is 0. The molecule has 0 radical (unpaired) electrons. The summed E-state index contributed by atoms with van der Waals surface area (Å²) in [4.78, 5) is 12.0. The van der Waals surface area contributed by atoms with Crippen molar-refractivity contribution in [2.75, 3.05) is 0 Å². The molecule has 1 spiro atoms. The van der Waals surface area contributed by atoms with Gasteiger partial charge in [0.1, 0.15) is 0 Å². The van der Waals surface area contributed by atoms with Crippen LogP contribution in [-0.4, -0.2) is 5.78 Å². The molecule has 3 atom stereocenters. The third-order valence-electron chi connectivity index (χ3n) is 5.15.